The van der Waals surface area contributed by atoms with Crippen LogP contribution in [0, 0.1) is 25.2 Å². The monoisotopic (exact) mass is 831 g/mol. The Balaban J connectivity index is 1.19. The van der Waals surface area contributed by atoms with Crippen LogP contribution in [0.25, 0.3) is 28.0 Å². The SMILES string of the molecule is Cc1c(COc2cc(OCc3cncc(C#N)c3)c(CCC[C@@H](O)CC(=O)O)cc2Cl)cccc1-c1cccc(-c2cn3cc(CNC[C@@H](O)CC(=O)O)ccc3n2)c1C. The summed E-state index contributed by atoms with van der Waals surface area (Å²) in [5.74, 6) is -1.18. The van der Waals surface area contributed by atoms with Gasteiger partial charge in [0.2, 0.25) is 0 Å². The van der Waals surface area contributed by atoms with Crippen molar-refractivity contribution in [3.63, 3.8) is 0 Å². The van der Waals surface area contributed by atoms with E-state index >= 15 is 0 Å². The highest BCUT2D eigenvalue weighted by molar-refractivity contribution is 6.32. The lowest BCUT2D eigenvalue weighted by molar-refractivity contribution is -0.140. The first-order valence-corrected chi connectivity index (χ1v) is 19.8. The molecule has 60 heavy (non-hydrogen) atoms. The average molecular weight is 832 g/mol. The van der Waals surface area contributed by atoms with Crippen molar-refractivity contribution < 1.29 is 39.5 Å². The molecule has 0 aliphatic rings. The summed E-state index contributed by atoms with van der Waals surface area (Å²) < 4.78 is 14.5. The number of aliphatic hydroxyl groups excluding tert-OH is 2. The molecule has 0 unspecified atom stereocenters. The molecule has 14 heteroatoms. The van der Waals surface area contributed by atoms with E-state index in [-0.39, 0.29) is 32.6 Å². The fourth-order valence-electron chi connectivity index (χ4n) is 7.06. The number of nitrogens with one attached hydrogen (secondary N) is 1. The molecule has 0 bridgehead atoms. The number of aliphatic hydroxyl groups is 2. The van der Waals surface area contributed by atoms with E-state index in [1.807, 2.05) is 47.1 Å². The Kier molecular flexibility index (Phi) is 14.5. The second-order valence-electron chi connectivity index (χ2n) is 14.7. The fraction of sp³-hybridized carbons (Fsp3) is 0.283. The largest absolute Gasteiger partial charge is 0.488 e. The van der Waals surface area contributed by atoms with Crippen LogP contribution >= 0.6 is 11.6 Å². The van der Waals surface area contributed by atoms with E-state index in [0.29, 0.717) is 53.5 Å². The van der Waals surface area contributed by atoms with E-state index in [2.05, 4.69) is 48.4 Å². The molecule has 0 saturated carbocycles. The number of imidazole rings is 1. The van der Waals surface area contributed by atoms with Gasteiger partial charge in [0.05, 0.1) is 41.3 Å². The first-order valence-electron chi connectivity index (χ1n) is 19.5. The standard InChI is InChI=1S/C46H46ClN5O8/c1-28-34(27-60-43-18-42(59-26-32-14-31(19-48)21-49-22-32)33(15-40(43)47)6-3-8-35(53)16-45(55)56)7-4-9-37(28)38-10-5-11-39(29(38)2)41-25-52-24-30(12-13-44(52)51-41)20-50-23-36(54)17-46(57)58/h4-5,7,9-15,18,21-22,24-25,35-36,50,53-54H,3,6,8,16-17,20,23,26-27H2,1-2H3,(H,55,56)(H,57,58)/t35-,36+/m1/s1. The Morgan fingerprint density at radius 2 is 1.55 bits per heavy atom. The van der Waals surface area contributed by atoms with Gasteiger partial charge >= 0.3 is 11.9 Å². The number of pyridine rings is 2. The number of carboxylic acid groups (broad SMARTS) is 2. The van der Waals surface area contributed by atoms with E-state index in [0.717, 1.165) is 55.8 Å². The molecule has 0 amide bonds. The summed E-state index contributed by atoms with van der Waals surface area (Å²) in [6, 6.07) is 23.4. The molecule has 0 radical (unpaired) electrons. The molecule has 0 saturated heterocycles. The van der Waals surface area contributed by atoms with Gasteiger partial charge < -0.3 is 39.6 Å². The minimum Gasteiger partial charge on any atom is -0.488 e. The van der Waals surface area contributed by atoms with Crippen LogP contribution < -0.4 is 14.8 Å². The van der Waals surface area contributed by atoms with Crippen LogP contribution in [0.3, 0.4) is 0 Å². The summed E-state index contributed by atoms with van der Waals surface area (Å²) in [6.07, 6.45) is 5.73. The zero-order chi connectivity index (χ0) is 42.8. The third-order valence-corrected chi connectivity index (χ3v) is 10.5. The minimum atomic E-state index is -1.06. The van der Waals surface area contributed by atoms with Gasteiger partial charge in [-0.2, -0.15) is 5.26 Å². The average Bonchev–Trinajstić information content (AvgIpc) is 3.63. The highest BCUT2D eigenvalue weighted by atomic mass is 35.5. The van der Waals surface area contributed by atoms with E-state index in [1.54, 1.807) is 24.4 Å². The molecule has 5 N–H and O–H groups in total. The quantitative estimate of drug-likeness (QED) is 0.0510. The number of aromatic nitrogens is 3. The molecule has 13 nitrogen and oxygen atoms in total. The molecule has 3 aromatic heterocycles. The maximum absolute atomic E-state index is 11.0. The Hall–Kier alpha value is -6.30. The molecule has 310 valence electrons. The Morgan fingerprint density at radius 3 is 2.32 bits per heavy atom. The first kappa shape index (κ1) is 43.3. The topological polar surface area (TPSA) is 200 Å². The number of hydrogen-bond acceptors (Lipinski definition) is 10. The van der Waals surface area contributed by atoms with Gasteiger partial charge in [0.25, 0.3) is 0 Å². The van der Waals surface area contributed by atoms with Crippen LogP contribution in [0.5, 0.6) is 11.5 Å². The maximum atomic E-state index is 11.0. The Bertz CT molecular complexity index is 2530. The zero-order valence-electron chi connectivity index (χ0n) is 33.3. The first-order chi connectivity index (χ1) is 28.9. The van der Waals surface area contributed by atoms with Crippen molar-refractivity contribution >= 4 is 29.2 Å². The third kappa shape index (κ3) is 11.2. The number of carbonyl (C=O) groups is 2. The number of halogens is 1. The molecular weight excluding hydrogens is 786 g/mol. The van der Waals surface area contributed by atoms with Gasteiger partial charge in [-0.25, -0.2) is 4.98 Å². The molecule has 0 aliphatic heterocycles. The van der Waals surface area contributed by atoms with Crippen molar-refractivity contribution in [2.24, 2.45) is 0 Å². The number of aliphatic carboxylic acids is 2. The lowest BCUT2D eigenvalue weighted by Gasteiger charge is -2.18. The summed E-state index contributed by atoms with van der Waals surface area (Å²) >= 11 is 6.79. The molecule has 0 fully saturated rings. The molecule has 3 aromatic carbocycles. The smallest absolute Gasteiger partial charge is 0.306 e. The Morgan fingerprint density at radius 1 is 0.833 bits per heavy atom. The summed E-state index contributed by atoms with van der Waals surface area (Å²) in [5, 5.41) is 50.7. The van der Waals surface area contributed by atoms with Crippen LogP contribution in [-0.4, -0.2) is 65.5 Å². The van der Waals surface area contributed by atoms with Crippen LogP contribution in [0.4, 0.5) is 0 Å². The van der Waals surface area contributed by atoms with Crippen molar-refractivity contribution in [2.75, 3.05) is 6.54 Å². The zero-order valence-corrected chi connectivity index (χ0v) is 34.0. The highest BCUT2D eigenvalue weighted by Gasteiger charge is 2.18. The normalized spacial score (nSPS) is 12.2. The summed E-state index contributed by atoms with van der Waals surface area (Å²) in [7, 11) is 0. The number of rotatable bonds is 20. The number of carboxylic acids is 2. The minimum absolute atomic E-state index is 0.134. The van der Waals surface area contributed by atoms with Crippen LogP contribution in [0.2, 0.25) is 5.02 Å². The van der Waals surface area contributed by atoms with Gasteiger partial charge in [-0.05, 0) is 90.3 Å². The second-order valence-corrected chi connectivity index (χ2v) is 15.1. The molecule has 3 heterocycles. The van der Waals surface area contributed by atoms with Crippen molar-refractivity contribution in [3.05, 3.63) is 135 Å². The van der Waals surface area contributed by atoms with E-state index in [9.17, 15) is 25.1 Å². The van der Waals surface area contributed by atoms with Gasteiger partial charge in [0.1, 0.15) is 36.4 Å². The van der Waals surface area contributed by atoms with Gasteiger partial charge in [-0.3, -0.25) is 14.6 Å². The number of aryl methyl sites for hydroxylation is 1. The molecule has 0 spiro atoms. The van der Waals surface area contributed by atoms with E-state index in [4.69, 9.17) is 36.3 Å². The van der Waals surface area contributed by atoms with Crippen molar-refractivity contribution in [1.29, 1.82) is 5.26 Å². The lowest BCUT2D eigenvalue weighted by atomic mass is 9.91. The summed E-state index contributed by atoms with van der Waals surface area (Å²) in [5.41, 5.74) is 10.6. The van der Waals surface area contributed by atoms with Gasteiger partial charge in [0.15, 0.2) is 0 Å². The number of hydrogen-bond donors (Lipinski definition) is 5. The van der Waals surface area contributed by atoms with Crippen molar-refractivity contribution in [2.45, 2.75) is 77.9 Å². The fourth-order valence-corrected chi connectivity index (χ4v) is 7.30. The molecule has 0 aliphatic carbocycles. The highest BCUT2D eigenvalue weighted by Crippen LogP contribution is 2.37. The number of ether oxygens (including phenoxy) is 2. The van der Waals surface area contributed by atoms with Gasteiger partial charge in [0, 0.05) is 55.1 Å². The number of nitrogens with zero attached hydrogens (tertiary/aromatic N) is 4. The van der Waals surface area contributed by atoms with Crippen LogP contribution in [0.15, 0.2) is 91.5 Å². The number of benzene rings is 3. The van der Waals surface area contributed by atoms with Crippen molar-refractivity contribution in [3.8, 4) is 40.0 Å². The second kappa shape index (κ2) is 20.1. The lowest BCUT2D eigenvalue weighted by Crippen LogP contribution is -2.28. The maximum Gasteiger partial charge on any atom is 0.306 e. The van der Waals surface area contributed by atoms with E-state index < -0.39 is 24.1 Å². The van der Waals surface area contributed by atoms with Crippen molar-refractivity contribution in [1.82, 2.24) is 19.7 Å². The van der Waals surface area contributed by atoms with Gasteiger partial charge in [-0.1, -0.05) is 54.1 Å². The predicted octanol–water partition coefficient (Wildman–Crippen LogP) is 7.45. The summed E-state index contributed by atoms with van der Waals surface area (Å²) in [4.78, 5) is 30.9. The molecule has 2 atom stereocenters. The number of nitriles is 1. The number of fused-ring (bicyclic) bond motifs is 1. The predicted molar refractivity (Wildman–Crippen MR) is 226 cm³/mol. The Labute approximate surface area is 352 Å². The van der Waals surface area contributed by atoms with Crippen LogP contribution in [-0.2, 0) is 35.8 Å². The van der Waals surface area contributed by atoms with E-state index in [1.165, 1.54) is 6.20 Å². The summed E-state index contributed by atoms with van der Waals surface area (Å²) in [6.45, 7) is 5.12. The molecular formula is C46H46ClN5O8. The molecule has 6 rings (SSSR count). The third-order valence-electron chi connectivity index (χ3n) is 10.2. The van der Waals surface area contributed by atoms with Gasteiger partial charge in [-0.15, -0.1) is 0 Å². The molecule has 6 aromatic rings. The van der Waals surface area contributed by atoms with Crippen LogP contribution in [0.1, 0.15) is 64.6 Å².